The molecule has 2 heterocycles. The minimum atomic E-state index is -0.0483. The number of nitrogens with two attached hydrogens (primary N) is 1. The summed E-state index contributed by atoms with van der Waals surface area (Å²) in [7, 11) is 0. The maximum absolute atomic E-state index is 6.02. The zero-order valence-corrected chi connectivity index (χ0v) is 12.2. The van der Waals surface area contributed by atoms with Crippen molar-refractivity contribution in [2.45, 2.75) is 39.8 Å². The molecule has 3 N–H and O–H groups in total. The number of rotatable bonds is 5. The van der Waals surface area contributed by atoms with Gasteiger partial charge in [-0.3, -0.25) is 0 Å². The fourth-order valence-electron chi connectivity index (χ4n) is 1.77. The maximum Gasteiger partial charge on any atom is 0.242 e. The molecule has 0 saturated heterocycles. The van der Waals surface area contributed by atoms with Crippen molar-refractivity contribution in [1.29, 1.82) is 0 Å². The molecule has 1 unspecified atom stereocenters. The quantitative estimate of drug-likeness (QED) is 0.873. The first-order valence-corrected chi connectivity index (χ1v) is 6.57. The summed E-state index contributed by atoms with van der Waals surface area (Å²) in [5.41, 5.74) is 6.42. The van der Waals surface area contributed by atoms with Crippen molar-refractivity contribution in [3.8, 4) is 5.88 Å². The van der Waals surface area contributed by atoms with Crippen molar-refractivity contribution < 1.29 is 9.15 Å². The Bertz CT molecular complexity index is 580. The van der Waals surface area contributed by atoms with Crippen LogP contribution in [-0.4, -0.2) is 16.1 Å². The second-order valence-corrected chi connectivity index (χ2v) is 4.92. The molecule has 2 aromatic rings. The van der Waals surface area contributed by atoms with Crippen molar-refractivity contribution in [1.82, 2.24) is 9.97 Å². The van der Waals surface area contributed by atoms with Gasteiger partial charge in [0.25, 0.3) is 0 Å². The van der Waals surface area contributed by atoms with Gasteiger partial charge in [-0.2, -0.15) is 4.98 Å². The summed E-state index contributed by atoms with van der Waals surface area (Å²) in [5.74, 6) is 2.62. The monoisotopic (exact) mass is 276 g/mol. The summed E-state index contributed by atoms with van der Waals surface area (Å²) in [4.78, 5) is 8.19. The zero-order chi connectivity index (χ0) is 14.7. The summed E-state index contributed by atoms with van der Waals surface area (Å²) >= 11 is 0. The highest BCUT2D eigenvalue weighted by molar-refractivity contribution is 5.66. The van der Waals surface area contributed by atoms with Crippen molar-refractivity contribution >= 4 is 11.5 Å². The van der Waals surface area contributed by atoms with Gasteiger partial charge in [0.1, 0.15) is 23.5 Å². The average molecular weight is 276 g/mol. The number of nitrogens with zero attached hydrogens (tertiary/aromatic N) is 2. The van der Waals surface area contributed by atoms with Crippen LogP contribution in [0.4, 0.5) is 11.5 Å². The Morgan fingerprint density at radius 1 is 1.25 bits per heavy atom. The number of hydrogen-bond donors (Lipinski definition) is 2. The molecule has 2 aromatic heterocycles. The van der Waals surface area contributed by atoms with Gasteiger partial charge >= 0.3 is 0 Å². The third kappa shape index (κ3) is 3.20. The Hall–Kier alpha value is -2.24. The molecule has 0 aliphatic rings. The molecule has 108 valence electrons. The Morgan fingerprint density at radius 3 is 2.60 bits per heavy atom. The maximum atomic E-state index is 6.02. The molecule has 0 radical (unpaired) electrons. The molecule has 6 nitrogen and oxygen atoms in total. The largest absolute Gasteiger partial charge is 0.473 e. The van der Waals surface area contributed by atoms with Crippen LogP contribution in [-0.2, 0) is 0 Å². The fourth-order valence-corrected chi connectivity index (χ4v) is 1.77. The number of nitrogen functional groups attached to an aromatic ring is 1. The highest BCUT2D eigenvalue weighted by Gasteiger charge is 2.15. The number of furan rings is 1. The molecule has 0 aromatic carbocycles. The van der Waals surface area contributed by atoms with Gasteiger partial charge in [0.05, 0.1) is 12.1 Å². The second kappa shape index (κ2) is 5.81. The lowest BCUT2D eigenvalue weighted by molar-refractivity contribution is 0.234. The predicted molar refractivity (Wildman–Crippen MR) is 77.7 cm³/mol. The standard InChI is InChI=1S/C14H20N4O2/c1-8(2)19-14-12(15)13(16-7-17-14)18-10(4)11-6-5-9(3)20-11/h5-8,10H,15H2,1-4H3,(H,16,17,18). The Balaban J connectivity index is 2.17. The molecule has 1 atom stereocenters. The number of anilines is 2. The van der Waals surface area contributed by atoms with E-state index in [2.05, 4.69) is 15.3 Å². The van der Waals surface area contributed by atoms with Crippen LogP contribution in [0.5, 0.6) is 5.88 Å². The van der Waals surface area contributed by atoms with Gasteiger partial charge in [0, 0.05) is 0 Å². The summed E-state index contributed by atoms with van der Waals surface area (Å²) in [5, 5.41) is 3.20. The van der Waals surface area contributed by atoms with E-state index in [0.29, 0.717) is 17.4 Å². The van der Waals surface area contributed by atoms with Crippen LogP contribution in [0.3, 0.4) is 0 Å². The molecule has 0 bridgehead atoms. The summed E-state index contributed by atoms with van der Waals surface area (Å²) < 4.78 is 11.1. The molecule has 0 aliphatic heterocycles. The number of aromatic nitrogens is 2. The minimum absolute atomic E-state index is 0.00481. The van der Waals surface area contributed by atoms with Crippen molar-refractivity contribution in [3.63, 3.8) is 0 Å². The summed E-state index contributed by atoms with van der Waals surface area (Å²) in [6, 6.07) is 3.80. The first kappa shape index (κ1) is 14.2. The van der Waals surface area contributed by atoms with Gasteiger partial charge in [-0.15, -0.1) is 0 Å². The van der Waals surface area contributed by atoms with E-state index in [1.54, 1.807) is 0 Å². The van der Waals surface area contributed by atoms with Crippen LogP contribution in [0.15, 0.2) is 22.9 Å². The number of nitrogens with one attached hydrogen (secondary N) is 1. The Labute approximate surface area is 118 Å². The van der Waals surface area contributed by atoms with E-state index in [9.17, 15) is 0 Å². The predicted octanol–water partition coefficient (Wildman–Crippen LogP) is 2.92. The Kier molecular flexibility index (Phi) is 4.12. The summed E-state index contributed by atoms with van der Waals surface area (Å²) in [6.07, 6.45) is 1.43. The van der Waals surface area contributed by atoms with E-state index in [1.807, 2.05) is 39.8 Å². The minimum Gasteiger partial charge on any atom is -0.473 e. The average Bonchev–Trinajstić information content (AvgIpc) is 2.80. The van der Waals surface area contributed by atoms with Crippen molar-refractivity contribution in [2.75, 3.05) is 11.1 Å². The zero-order valence-electron chi connectivity index (χ0n) is 12.2. The lowest BCUT2D eigenvalue weighted by Crippen LogP contribution is -2.13. The highest BCUT2D eigenvalue weighted by atomic mass is 16.5. The Morgan fingerprint density at radius 2 is 2.00 bits per heavy atom. The number of aryl methyl sites for hydroxylation is 1. The molecule has 20 heavy (non-hydrogen) atoms. The van der Waals surface area contributed by atoms with E-state index < -0.39 is 0 Å². The SMILES string of the molecule is Cc1ccc(C(C)Nc2ncnc(OC(C)C)c2N)o1. The van der Waals surface area contributed by atoms with E-state index in [-0.39, 0.29) is 12.1 Å². The van der Waals surface area contributed by atoms with Crippen LogP contribution < -0.4 is 15.8 Å². The van der Waals surface area contributed by atoms with Gasteiger partial charge < -0.3 is 20.2 Å². The van der Waals surface area contributed by atoms with E-state index in [1.165, 1.54) is 6.33 Å². The van der Waals surface area contributed by atoms with E-state index >= 15 is 0 Å². The van der Waals surface area contributed by atoms with Crippen LogP contribution in [0.2, 0.25) is 0 Å². The molecule has 0 aliphatic carbocycles. The second-order valence-electron chi connectivity index (χ2n) is 4.92. The van der Waals surface area contributed by atoms with Crippen LogP contribution in [0, 0.1) is 6.92 Å². The van der Waals surface area contributed by atoms with Crippen molar-refractivity contribution in [2.24, 2.45) is 0 Å². The molecule has 0 spiro atoms. The normalized spacial score (nSPS) is 12.4. The third-order valence-electron chi connectivity index (χ3n) is 2.74. The van der Waals surface area contributed by atoms with Crippen molar-refractivity contribution in [3.05, 3.63) is 30.0 Å². The van der Waals surface area contributed by atoms with E-state index in [4.69, 9.17) is 14.9 Å². The number of ether oxygens (including phenoxy) is 1. The first-order valence-electron chi connectivity index (χ1n) is 6.57. The van der Waals surface area contributed by atoms with Gasteiger partial charge in [-0.25, -0.2) is 4.98 Å². The fraction of sp³-hybridized carbons (Fsp3) is 0.429. The third-order valence-corrected chi connectivity index (χ3v) is 2.74. The molecule has 0 saturated carbocycles. The molecular weight excluding hydrogens is 256 g/mol. The molecule has 6 heteroatoms. The van der Waals surface area contributed by atoms with Crippen LogP contribution in [0.1, 0.15) is 38.3 Å². The molecule has 0 fully saturated rings. The lowest BCUT2D eigenvalue weighted by Gasteiger charge is -2.16. The van der Waals surface area contributed by atoms with Crippen LogP contribution in [0.25, 0.3) is 0 Å². The first-order chi connectivity index (χ1) is 9.47. The molecule has 2 rings (SSSR count). The lowest BCUT2D eigenvalue weighted by atomic mass is 10.2. The van der Waals surface area contributed by atoms with Gasteiger partial charge in [0.15, 0.2) is 5.82 Å². The smallest absolute Gasteiger partial charge is 0.242 e. The highest BCUT2D eigenvalue weighted by Crippen LogP contribution is 2.28. The van der Waals surface area contributed by atoms with Crippen LogP contribution >= 0.6 is 0 Å². The van der Waals surface area contributed by atoms with Gasteiger partial charge in [0.2, 0.25) is 5.88 Å². The van der Waals surface area contributed by atoms with E-state index in [0.717, 1.165) is 11.5 Å². The van der Waals surface area contributed by atoms with Gasteiger partial charge in [-0.1, -0.05) is 0 Å². The summed E-state index contributed by atoms with van der Waals surface area (Å²) in [6.45, 7) is 7.72. The molecular formula is C14H20N4O2. The topological polar surface area (TPSA) is 86.2 Å². The van der Waals surface area contributed by atoms with Gasteiger partial charge in [-0.05, 0) is 39.8 Å². The number of hydrogen-bond acceptors (Lipinski definition) is 6. The molecule has 0 amide bonds.